The summed E-state index contributed by atoms with van der Waals surface area (Å²) in [6, 6.07) is 12.5. The molecule has 0 saturated carbocycles. The quantitative estimate of drug-likeness (QED) is 0.411. The van der Waals surface area contributed by atoms with Crippen molar-refractivity contribution in [2.45, 2.75) is 39.5 Å². The molecular weight excluding hydrogens is 334 g/mol. The molecule has 0 aliphatic rings. The van der Waals surface area contributed by atoms with Crippen LogP contribution in [0.25, 0.3) is 0 Å². The van der Waals surface area contributed by atoms with E-state index in [0.717, 1.165) is 5.69 Å². The van der Waals surface area contributed by atoms with Gasteiger partial charge in [-0.25, -0.2) is 0 Å². The number of rotatable bonds is 5. The van der Waals surface area contributed by atoms with Crippen molar-refractivity contribution in [3.63, 3.8) is 0 Å². The smallest absolute Gasteiger partial charge is 0.269 e. The van der Waals surface area contributed by atoms with Gasteiger partial charge in [0.25, 0.3) is 5.69 Å². The lowest BCUT2D eigenvalue weighted by atomic mass is 9.93. The number of non-ortho nitro benzene ring substituents is 1. The molecule has 0 saturated heterocycles. The van der Waals surface area contributed by atoms with E-state index in [0.29, 0.717) is 22.6 Å². The highest BCUT2D eigenvalue weighted by molar-refractivity contribution is 7.80. The third kappa shape index (κ3) is 4.76. The Kier molecular flexibility index (Phi) is 6.09. The molecule has 2 aromatic rings. The highest BCUT2D eigenvalue weighted by Crippen LogP contribution is 2.32. The monoisotopic (exact) mass is 357 g/mol. The van der Waals surface area contributed by atoms with Crippen LogP contribution < -0.4 is 10.6 Å². The summed E-state index contributed by atoms with van der Waals surface area (Å²) >= 11 is 5.44. The maximum Gasteiger partial charge on any atom is 0.269 e. The fraction of sp³-hybridized carbons (Fsp3) is 0.316. The van der Waals surface area contributed by atoms with Gasteiger partial charge in [-0.05, 0) is 47.3 Å². The molecule has 0 fully saturated rings. The topological polar surface area (TPSA) is 67.2 Å². The van der Waals surface area contributed by atoms with Gasteiger partial charge in [-0.15, -0.1) is 0 Å². The normalized spacial score (nSPS) is 10.8. The van der Waals surface area contributed by atoms with Crippen molar-refractivity contribution >= 4 is 34.4 Å². The van der Waals surface area contributed by atoms with Gasteiger partial charge in [0.15, 0.2) is 5.11 Å². The van der Waals surface area contributed by atoms with E-state index in [4.69, 9.17) is 12.2 Å². The standard InChI is InChI=1S/C19H23N3O2S/c1-12(2)16-6-5-7-17(13(3)4)18(16)21-19(25)20-14-8-10-15(11-9-14)22(23)24/h5-13H,1-4H3,(H2,20,21,25). The van der Waals surface area contributed by atoms with E-state index in [1.54, 1.807) is 12.1 Å². The number of hydrogen-bond acceptors (Lipinski definition) is 3. The maximum atomic E-state index is 10.7. The summed E-state index contributed by atoms with van der Waals surface area (Å²) in [5.74, 6) is 0.728. The third-order valence-corrected chi connectivity index (χ3v) is 4.15. The molecule has 6 heteroatoms. The van der Waals surface area contributed by atoms with Crippen molar-refractivity contribution in [3.05, 3.63) is 63.7 Å². The minimum Gasteiger partial charge on any atom is -0.332 e. The lowest BCUT2D eigenvalue weighted by Gasteiger charge is -2.21. The van der Waals surface area contributed by atoms with E-state index in [1.807, 2.05) is 0 Å². The van der Waals surface area contributed by atoms with E-state index in [-0.39, 0.29) is 5.69 Å². The molecule has 25 heavy (non-hydrogen) atoms. The second-order valence-electron chi connectivity index (χ2n) is 6.50. The van der Waals surface area contributed by atoms with Gasteiger partial charge in [0.2, 0.25) is 0 Å². The van der Waals surface area contributed by atoms with Crippen molar-refractivity contribution in [2.75, 3.05) is 10.6 Å². The molecule has 0 heterocycles. The van der Waals surface area contributed by atoms with Crippen LogP contribution in [0.4, 0.5) is 17.1 Å². The summed E-state index contributed by atoms with van der Waals surface area (Å²) in [4.78, 5) is 10.3. The number of hydrogen-bond donors (Lipinski definition) is 2. The van der Waals surface area contributed by atoms with Crippen LogP contribution in [-0.4, -0.2) is 10.0 Å². The van der Waals surface area contributed by atoms with Crippen molar-refractivity contribution in [2.24, 2.45) is 0 Å². The van der Waals surface area contributed by atoms with E-state index in [9.17, 15) is 10.1 Å². The van der Waals surface area contributed by atoms with Crippen LogP contribution in [-0.2, 0) is 0 Å². The number of anilines is 2. The van der Waals surface area contributed by atoms with Crippen molar-refractivity contribution in [1.82, 2.24) is 0 Å². The average molecular weight is 357 g/mol. The first-order chi connectivity index (χ1) is 11.8. The minimum atomic E-state index is -0.422. The van der Waals surface area contributed by atoms with Crippen molar-refractivity contribution < 1.29 is 4.92 Å². The van der Waals surface area contributed by atoms with E-state index in [2.05, 4.69) is 56.5 Å². The molecule has 0 aliphatic carbocycles. The first-order valence-corrected chi connectivity index (χ1v) is 8.65. The van der Waals surface area contributed by atoms with Gasteiger partial charge in [-0.2, -0.15) is 0 Å². The summed E-state index contributed by atoms with van der Waals surface area (Å²) in [6.07, 6.45) is 0. The first-order valence-electron chi connectivity index (χ1n) is 8.25. The molecule has 132 valence electrons. The molecule has 0 amide bonds. The predicted octanol–water partition coefficient (Wildman–Crippen LogP) is 5.65. The highest BCUT2D eigenvalue weighted by atomic mass is 32.1. The third-order valence-electron chi connectivity index (χ3n) is 3.95. The van der Waals surface area contributed by atoms with Crippen LogP contribution in [0.5, 0.6) is 0 Å². The van der Waals surface area contributed by atoms with E-state index in [1.165, 1.54) is 23.3 Å². The van der Waals surface area contributed by atoms with Gasteiger partial charge in [0.05, 0.1) is 4.92 Å². The zero-order chi connectivity index (χ0) is 18.6. The van der Waals surface area contributed by atoms with Crippen molar-refractivity contribution in [1.29, 1.82) is 0 Å². The Morgan fingerprint density at radius 1 is 0.960 bits per heavy atom. The average Bonchev–Trinajstić information content (AvgIpc) is 2.54. The van der Waals surface area contributed by atoms with E-state index < -0.39 is 4.92 Å². The minimum absolute atomic E-state index is 0.0525. The van der Waals surface area contributed by atoms with Crippen LogP contribution >= 0.6 is 12.2 Å². The van der Waals surface area contributed by atoms with Gasteiger partial charge in [-0.1, -0.05) is 45.9 Å². The fourth-order valence-corrected chi connectivity index (χ4v) is 2.86. The Bertz CT molecular complexity index is 744. The molecule has 2 N–H and O–H groups in total. The summed E-state index contributed by atoms with van der Waals surface area (Å²) in [5.41, 5.74) is 4.21. The van der Waals surface area contributed by atoms with Crippen molar-refractivity contribution in [3.8, 4) is 0 Å². The molecule has 0 aromatic heterocycles. The number of nitrogens with one attached hydrogen (secondary N) is 2. The summed E-state index contributed by atoms with van der Waals surface area (Å²) < 4.78 is 0. The number of benzene rings is 2. The Labute approximate surface area is 153 Å². The largest absolute Gasteiger partial charge is 0.332 e. The molecule has 0 aliphatic heterocycles. The lowest BCUT2D eigenvalue weighted by Crippen LogP contribution is -2.21. The van der Waals surface area contributed by atoms with Gasteiger partial charge in [0.1, 0.15) is 0 Å². The predicted molar refractivity (Wildman–Crippen MR) is 108 cm³/mol. The van der Waals surface area contributed by atoms with Gasteiger partial charge in [0, 0.05) is 23.5 Å². The number of nitro benzene ring substituents is 1. The van der Waals surface area contributed by atoms with Gasteiger partial charge in [-0.3, -0.25) is 10.1 Å². The zero-order valence-electron chi connectivity index (χ0n) is 14.9. The molecule has 0 radical (unpaired) electrons. The van der Waals surface area contributed by atoms with Crippen LogP contribution in [0.15, 0.2) is 42.5 Å². The summed E-state index contributed by atoms with van der Waals surface area (Å²) in [7, 11) is 0. The number of nitro groups is 1. The molecular formula is C19H23N3O2S. The SMILES string of the molecule is CC(C)c1cccc(C(C)C)c1NC(=S)Nc1ccc([N+](=O)[O-])cc1. The Hall–Kier alpha value is -2.47. The molecule has 0 atom stereocenters. The van der Waals surface area contributed by atoms with Gasteiger partial charge < -0.3 is 10.6 Å². The second kappa shape index (κ2) is 8.07. The Morgan fingerprint density at radius 2 is 1.48 bits per heavy atom. The lowest BCUT2D eigenvalue weighted by molar-refractivity contribution is -0.384. The van der Waals surface area contributed by atoms with Crippen LogP contribution in [0, 0.1) is 10.1 Å². The fourth-order valence-electron chi connectivity index (χ4n) is 2.64. The number of thiocarbonyl (C=S) groups is 1. The maximum absolute atomic E-state index is 10.7. The summed E-state index contributed by atoms with van der Waals surface area (Å²) in [6.45, 7) is 8.60. The van der Waals surface area contributed by atoms with Gasteiger partial charge >= 0.3 is 0 Å². The number of para-hydroxylation sites is 1. The Morgan fingerprint density at radius 3 is 1.92 bits per heavy atom. The molecule has 5 nitrogen and oxygen atoms in total. The molecule has 0 bridgehead atoms. The summed E-state index contributed by atoms with van der Waals surface area (Å²) in [5, 5.41) is 17.6. The first kappa shape index (κ1) is 18.9. The second-order valence-corrected chi connectivity index (χ2v) is 6.91. The molecule has 0 unspecified atom stereocenters. The highest BCUT2D eigenvalue weighted by Gasteiger charge is 2.15. The van der Waals surface area contributed by atoms with Crippen LogP contribution in [0.2, 0.25) is 0 Å². The molecule has 2 aromatic carbocycles. The molecule has 2 rings (SSSR count). The number of nitrogens with zero attached hydrogens (tertiary/aromatic N) is 1. The van der Waals surface area contributed by atoms with Crippen LogP contribution in [0.1, 0.15) is 50.7 Å². The Balaban J connectivity index is 2.21. The van der Waals surface area contributed by atoms with E-state index >= 15 is 0 Å². The molecule has 0 spiro atoms. The zero-order valence-corrected chi connectivity index (χ0v) is 15.7. The van der Waals surface area contributed by atoms with Crippen LogP contribution in [0.3, 0.4) is 0 Å².